The summed E-state index contributed by atoms with van der Waals surface area (Å²) >= 11 is 6.50. The summed E-state index contributed by atoms with van der Waals surface area (Å²) in [6.45, 7) is 4.97. The number of nitrogens with zero attached hydrogens (tertiary/aromatic N) is 1. The van der Waals surface area contributed by atoms with Gasteiger partial charge in [0, 0.05) is 24.0 Å². The summed E-state index contributed by atoms with van der Waals surface area (Å²) in [6.07, 6.45) is -0.0356. The molecule has 1 heterocycles. The second-order valence-corrected chi connectivity index (χ2v) is 6.97. The Kier molecular flexibility index (Phi) is 4.87. The van der Waals surface area contributed by atoms with Crippen LogP contribution in [-0.4, -0.2) is 40.9 Å². The average molecular weight is 409 g/mol. The van der Waals surface area contributed by atoms with Gasteiger partial charge in [0.05, 0.1) is 16.2 Å². The molecule has 1 aliphatic rings. The van der Waals surface area contributed by atoms with Crippen LogP contribution in [0, 0.1) is 5.82 Å². The maximum atomic E-state index is 13.2. The second kappa shape index (κ2) is 6.12. The van der Waals surface area contributed by atoms with Crippen molar-refractivity contribution in [3.05, 3.63) is 34.1 Å². The van der Waals surface area contributed by atoms with E-state index in [9.17, 15) is 9.18 Å². The van der Waals surface area contributed by atoms with Gasteiger partial charge in [0.2, 0.25) is 0 Å². The van der Waals surface area contributed by atoms with Crippen LogP contribution in [0.25, 0.3) is 0 Å². The molecule has 110 valence electrons. The summed E-state index contributed by atoms with van der Waals surface area (Å²) in [5, 5.41) is 0.674. The molecule has 0 bridgehead atoms. The molecule has 0 saturated carbocycles. The molecule has 1 aromatic rings. The van der Waals surface area contributed by atoms with E-state index in [0.717, 1.165) is 0 Å². The first-order valence-electron chi connectivity index (χ1n) is 6.30. The molecule has 0 radical (unpaired) electrons. The number of rotatable bonds is 2. The monoisotopic (exact) mass is 407 g/mol. The summed E-state index contributed by atoms with van der Waals surface area (Å²) in [6, 6.07) is 4.32. The van der Waals surface area contributed by atoms with E-state index in [-0.39, 0.29) is 23.4 Å². The molecular formula is C14H16Br2FNO2. The van der Waals surface area contributed by atoms with Gasteiger partial charge in [-0.05, 0) is 48.0 Å². The molecule has 1 saturated heterocycles. The number of hydrogen-bond donors (Lipinski definition) is 0. The van der Waals surface area contributed by atoms with Crippen LogP contribution in [0.2, 0.25) is 0 Å². The van der Waals surface area contributed by atoms with Gasteiger partial charge in [0.15, 0.2) is 0 Å². The molecule has 6 heteroatoms. The molecule has 0 aromatic heterocycles. The first-order chi connectivity index (χ1) is 9.32. The molecule has 1 unspecified atom stereocenters. The van der Waals surface area contributed by atoms with Gasteiger partial charge in [-0.15, -0.1) is 0 Å². The maximum absolute atomic E-state index is 13.2. The maximum Gasteiger partial charge on any atom is 0.254 e. The largest absolute Gasteiger partial charge is 0.368 e. The highest BCUT2D eigenvalue weighted by molar-refractivity contribution is 9.10. The van der Waals surface area contributed by atoms with Crippen LogP contribution in [0.15, 0.2) is 22.7 Å². The van der Waals surface area contributed by atoms with Crippen LogP contribution < -0.4 is 0 Å². The molecule has 0 N–H and O–H groups in total. The second-order valence-electron chi connectivity index (χ2n) is 5.47. The quantitative estimate of drug-likeness (QED) is 0.699. The third-order valence-corrected chi connectivity index (χ3v) is 4.44. The normalized spacial score (nSPS) is 21.9. The van der Waals surface area contributed by atoms with Gasteiger partial charge in [-0.25, -0.2) is 4.39 Å². The molecule has 3 nitrogen and oxygen atoms in total. The molecule has 20 heavy (non-hydrogen) atoms. The number of morpholine rings is 1. The Balaban J connectivity index is 2.21. The van der Waals surface area contributed by atoms with Gasteiger partial charge in [-0.3, -0.25) is 4.79 Å². The van der Waals surface area contributed by atoms with Crippen LogP contribution in [-0.2, 0) is 4.74 Å². The lowest BCUT2D eigenvalue weighted by Crippen LogP contribution is -2.55. The number of amides is 1. The standard InChI is InChI=1S/C14H16Br2FNO2/c1-14(2)8-18(7-10(6-15)20-14)13(19)9-3-4-12(17)11(16)5-9/h3-5,10H,6-8H2,1-2H3. The molecule has 1 atom stereocenters. The summed E-state index contributed by atoms with van der Waals surface area (Å²) in [4.78, 5) is 14.3. The minimum Gasteiger partial charge on any atom is -0.368 e. The highest BCUT2D eigenvalue weighted by Gasteiger charge is 2.35. The van der Waals surface area contributed by atoms with Crippen molar-refractivity contribution in [1.29, 1.82) is 0 Å². The van der Waals surface area contributed by atoms with Crippen LogP contribution in [0.4, 0.5) is 4.39 Å². The summed E-state index contributed by atoms with van der Waals surface area (Å²) in [7, 11) is 0. The first-order valence-corrected chi connectivity index (χ1v) is 8.22. The topological polar surface area (TPSA) is 29.5 Å². The fourth-order valence-corrected chi connectivity index (χ4v) is 3.06. The van der Waals surface area contributed by atoms with E-state index in [1.165, 1.54) is 18.2 Å². The highest BCUT2D eigenvalue weighted by Crippen LogP contribution is 2.24. The van der Waals surface area contributed by atoms with Gasteiger partial charge in [-0.2, -0.15) is 0 Å². The zero-order valence-corrected chi connectivity index (χ0v) is 14.5. The fourth-order valence-electron chi connectivity index (χ4n) is 2.34. The molecule has 1 aliphatic heterocycles. The molecule has 2 rings (SSSR count). The minimum atomic E-state index is -0.385. The molecule has 1 fully saturated rings. The molecular weight excluding hydrogens is 393 g/mol. The Morgan fingerprint density at radius 1 is 1.55 bits per heavy atom. The van der Waals surface area contributed by atoms with E-state index in [1.54, 1.807) is 4.90 Å². The Labute approximate surface area is 134 Å². The van der Waals surface area contributed by atoms with Gasteiger partial charge < -0.3 is 9.64 Å². The Morgan fingerprint density at radius 2 is 2.25 bits per heavy atom. The Bertz CT molecular complexity index is 522. The average Bonchev–Trinajstić information content (AvgIpc) is 2.39. The number of halogens is 3. The van der Waals surface area contributed by atoms with Crippen LogP contribution >= 0.6 is 31.9 Å². The predicted octanol–water partition coefficient (Wildman–Crippen LogP) is 3.60. The molecule has 1 aromatic carbocycles. The summed E-state index contributed by atoms with van der Waals surface area (Å²) in [5.41, 5.74) is 0.0909. The third kappa shape index (κ3) is 3.59. The number of benzene rings is 1. The van der Waals surface area contributed by atoms with Crippen molar-refractivity contribution in [2.75, 3.05) is 18.4 Å². The Morgan fingerprint density at radius 3 is 2.85 bits per heavy atom. The SMILES string of the molecule is CC1(C)CN(C(=O)c2ccc(F)c(Br)c2)CC(CBr)O1. The van der Waals surface area contributed by atoms with Gasteiger partial charge in [0.1, 0.15) is 5.82 Å². The van der Waals surface area contributed by atoms with E-state index < -0.39 is 0 Å². The first kappa shape index (κ1) is 15.9. The number of carbonyl (C=O) groups is 1. The van der Waals surface area contributed by atoms with Crippen LogP contribution in [0.3, 0.4) is 0 Å². The summed E-state index contributed by atoms with van der Waals surface area (Å²) < 4.78 is 19.4. The van der Waals surface area contributed by atoms with E-state index in [4.69, 9.17) is 4.74 Å². The van der Waals surface area contributed by atoms with Gasteiger partial charge >= 0.3 is 0 Å². The van der Waals surface area contributed by atoms with Crippen molar-refractivity contribution in [2.45, 2.75) is 25.6 Å². The zero-order valence-electron chi connectivity index (χ0n) is 11.3. The zero-order chi connectivity index (χ0) is 14.9. The van der Waals surface area contributed by atoms with Crippen molar-refractivity contribution in [2.24, 2.45) is 0 Å². The smallest absolute Gasteiger partial charge is 0.254 e. The lowest BCUT2D eigenvalue weighted by molar-refractivity contribution is -0.116. The molecule has 1 amide bonds. The van der Waals surface area contributed by atoms with Crippen molar-refractivity contribution in [3.63, 3.8) is 0 Å². The fraction of sp³-hybridized carbons (Fsp3) is 0.500. The lowest BCUT2D eigenvalue weighted by Gasteiger charge is -2.42. The van der Waals surface area contributed by atoms with Gasteiger partial charge in [0.25, 0.3) is 5.91 Å². The van der Waals surface area contributed by atoms with Crippen molar-refractivity contribution >= 4 is 37.8 Å². The van der Waals surface area contributed by atoms with Crippen LogP contribution in [0.5, 0.6) is 0 Å². The van der Waals surface area contributed by atoms with Gasteiger partial charge in [-0.1, -0.05) is 15.9 Å². The molecule has 0 aliphatic carbocycles. The third-order valence-electron chi connectivity index (χ3n) is 3.11. The van der Waals surface area contributed by atoms with Crippen molar-refractivity contribution in [3.8, 4) is 0 Å². The van der Waals surface area contributed by atoms with E-state index in [1.807, 2.05) is 13.8 Å². The Hall–Kier alpha value is -0.460. The number of alkyl halides is 1. The predicted molar refractivity (Wildman–Crippen MR) is 82.7 cm³/mol. The molecule has 0 spiro atoms. The lowest BCUT2D eigenvalue weighted by atomic mass is 10.0. The van der Waals surface area contributed by atoms with Crippen molar-refractivity contribution in [1.82, 2.24) is 4.90 Å². The van der Waals surface area contributed by atoms with E-state index in [2.05, 4.69) is 31.9 Å². The number of carbonyl (C=O) groups excluding carboxylic acids is 1. The number of hydrogen-bond acceptors (Lipinski definition) is 2. The highest BCUT2D eigenvalue weighted by atomic mass is 79.9. The minimum absolute atomic E-state index is 0.0356. The van der Waals surface area contributed by atoms with E-state index >= 15 is 0 Å². The van der Waals surface area contributed by atoms with Crippen molar-refractivity contribution < 1.29 is 13.9 Å². The van der Waals surface area contributed by atoms with E-state index in [0.29, 0.717) is 28.5 Å². The summed E-state index contributed by atoms with van der Waals surface area (Å²) in [5.74, 6) is -0.477. The van der Waals surface area contributed by atoms with Crippen LogP contribution in [0.1, 0.15) is 24.2 Å². The number of ether oxygens (including phenoxy) is 1.